The number of amides is 2. The maximum Gasteiger partial charge on any atom is 0.317 e. The van der Waals surface area contributed by atoms with E-state index in [1.54, 1.807) is 13.4 Å². The summed E-state index contributed by atoms with van der Waals surface area (Å²) in [5.41, 5.74) is 1.16. The van der Waals surface area contributed by atoms with Gasteiger partial charge in [0.15, 0.2) is 0 Å². The molecule has 0 aliphatic carbocycles. The number of carbonyl (C=O) groups excluding carboxylic acids is 1. The Kier molecular flexibility index (Phi) is 5.95. The lowest BCUT2D eigenvalue weighted by atomic mass is 10.1. The third-order valence-electron chi connectivity index (χ3n) is 4.44. The van der Waals surface area contributed by atoms with Gasteiger partial charge in [-0.3, -0.25) is 4.90 Å². The van der Waals surface area contributed by atoms with E-state index in [4.69, 9.17) is 9.15 Å². The molecule has 6 nitrogen and oxygen atoms in total. The molecule has 2 heterocycles. The fourth-order valence-electron chi connectivity index (χ4n) is 2.99. The maximum atomic E-state index is 12.3. The van der Waals surface area contributed by atoms with Crippen molar-refractivity contribution >= 4 is 6.03 Å². The molecule has 1 N–H and O–H groups in total. The van der Waals surface area contributed by atoms with Crippen LogP contribution in [0.1, 0.15) is 11.3 Å². The van der Waals surface area contributed by atoms with Crippen LogP contribution in [0.25, 0.3) is 0 Å². The van der Waals surface area contributed by atoms with Gasteiger partial charge in [0.2, 0.25) is 0 Å². The first-order chi connectivity index (χ1) is 12.2. The number of nitrogens with one attached hydrogen (secondary N) is 1. The molecule has 1 aliphatic heterocycles. The molecule has 6 heteroatoms. The van der Waals surface area contributed by atoms with E-state index in [0.29, 0.717) is 6.54 Å². The highest BCUT2D eigenvalue weighted by Gasteiger charge is 2.21. The molecule has 0 radical (unpaired) electrons. The Bertz CT molecular complexity index is 664. The van der Waals surface area contributed by atoms with Crippen LogP contribution in [-0.4, -0.2) is 55.7 Å². The van der Waals surface area contributed by atoms with Gasteiger partial charge in [-0.25, -0.2) is 4.79 Å². The first-order valence-electron chi connectivity index (χ1n) is 8.65. The minimum absolute atomic E-state index is 0.0144. The van der Waals surface area contributed by atoms with E-state index in [1.165, 1.54) is 0 Å². The van der Waals surface area contributed by atoms with Gasteiger partial charge in [0, 0.05) is 32.7 Å². The minimum atomic E-state index is 0.0144. The molecule has 1 aromatic carbocycles. The van der Waals surface area contributed by atoms with Gasteiger partial charge in [-0.2, -0.15) is 0 Å². The van der Waals surface area contributed by atoms with Crippen molar-refractivity contribution in [3.05, 3.63) is 54.0 Å². The van der Waals surface area contributed by atoms with Gasteiger partial charge < -0.3 is 19.4 Å². The van der Waals surface area contributed by atoms with E-state index < -0.39 is 0 Å². The third-order valence-corrected chi connectivity index (χ3v) is 4.44. The van der Waals surface area contributed by atoms with Crippen molar-refractivity contribution in [2.24, 2.45) is 0 Å². The van der Waals surface area contributed by atoms with Gasteiger partial charge in [0.05, 0.1) is 19.9 Å². The molecule has 1 aliphatic rings. The molecule has 0 bridgehead atoms. The summed E-state index contributed by atoms with van der Waals surface area (Å²) < 4.78 is 10.6. The molecule has 0 unspecified atom stereocenters. The van der Waals surface area contributed by atoms with Crippen molar-refractivity contribution in [2.75, 3.05) is 39.8 Å². The van der Waals surface area contributed by atoms with E-state index in [-0.39, 0.29) is 6.03 Å². The topological polar surface area (TPSA) is 58.0 Å². The standard InChI is InChI=1S/C19H25N3O3/c1-24-17-5-2-4-16(14-17)7-8-20-19(23)22-11-9-21(10-12-22)15-18-6-3-13-25-18/h2-6,13-14H,7-12,15H2,1H3,(H,20,23). The molecule has 0 saturated carbocycles. The van der Waals surface area contributed by atoms with Gasteiger partial charge >= 0.3 is 6.03 Å². The van der Waals surface area contributed by atoms with E-state index in [0.717, 1.165) is 56.2 Å². The lowest BCUT2D eigenvalue weighted by Crippen LogP contribution is -2.51. The summed E-state index contributed by atoms with van der Waals surface area (Å²) in [5, 5.41) is 3.01. The lowest BCUT2D eigenvalue weighted by Gasteiger charge is -2.34. The van der Waals surface area contributed by atoms with Crippen molar-refractivity contribution in [1.82, 2.24) is 15.1 Å². The summed E-state index contributed by atoms with van der Waals surface area (Å²) >= 11 is 0. The Labute approximate surface area is 148 Å². The summed E-state index contributed by atoms with van der Waals surface area (Å²) in [5.74, 6) is 1.81. The molecule has 3 rings (SSSR count). The largest absolute Gasteiger partial charge is 0.497 e. The fraction of sp³-hybridized carbons (Fsp3) is 0.421. The van der Waals surface area contributed by atoms with E-state index >= 15 is 0 Å². The number of hydrogen-bond acceptors (Lipinski definition) is 4. The number of ether oxygens (including phenoxy) is 1. The van der Waals surface area contributed by atoms with Crippen LogP contribution >= 0.6 is 0 Å². The second-order valence-corrected chi connectivity index (χ2v) is 6.18. The molecular weight excluding hydrogens is 318 g/mol. The number of rotatable bonds is 6. The zero-order valence-electron chi connectivity index (χ0n) is 14.6. The molecule has 2 aromatic rings. The van der Waals surface area contributed by atoms with Crippen LogP contribution in [0.15, 0.2) is 47.1 Å². The Hall–Kier alpha value is -2.47. The first kappa shape index (κ1) is 17.4. The number of benzene rings is 1. The van der Waals surface area contributed by atoms with Crippen molar-refractivity contribution < 1.29 is 13.9 Å². The average Bonchev–Trinajstić information content (AvgIpc) is 3.15. The molecule has 134 valence electrons. The number of piperazine rings is 1. The Morgan fingerprint density at radius 2 is 2.04 bits per heavy atom. The highest BCUT2D eigenvalue weighted by molar-refractivity contribution is 5.74. The number of methoxy groups -OCH3 is 1. The highest BCUT2D eigenvalue weighted by atomic mass is 16.5. The summed E-state index contributed by atoms with van der Waals surface area (Å²) in [6, 6.07) is 11.8. The fourth-order valence-corrected chi connectivity index (χ4v) is 2.99. The van der Waals surface area contributed by atoms with E-state index in [1.807, 2.05) is 41.3 Å². The maximum absolute atomic E-state index is 12.3. The summed E-state index contributed by atoms with van der Waals surface area (Å²) in [6.07, 6.45) is 2.49. The number of carbonyl (C=O) groups is 1. The quantitative estimate of drug-likeness (QED) is 0.875. The molecule has 1 fully saturated rings. The van der Waals surface area contributed by atoms with Gasteiger partial charge in [0.1, 0.15) is 11.5 Å². The smallest absolute Gasteiger partial charge is 0.317 e. The minimum Gasteiger partial charge on any atom is -0.497 e. The van der Waals surface area contributed by atoms with Crippen molar-refractivity contribution in [1.29, 1.82) is 0 Å². The normalized spacial score (nSPS) is 15.2. The van der Waals surface area contributed by atoms with Crippen LogP contribution in [0.4, 0.5) is 4.79 Å². The molecule has 25 heavy (non-hydrogen) atoms. The van der Waals surface area contributed by atoms with Gasteiger partial charge in [-0.1, -0.05) is 12.1 Å². The van der Waals surface area contributed by atoms with Gasteiger partial charge in [0.25, 0.3) is 0 Å². The van der Waals surface area contributed by atoms with Crippen molar-refractivity contribution in [2.45, 2.75) is 13.0 Å². The summed E-state index contributed by atoms with van der Waals surface area (Å²) in [4.78, 5) is 16.5. The van der Waals surface area contributed by atoms with Crippen LogP contribution in [-0.2, 0) is 13.0 Å². The van der Waals surface area contributed by atoms with Crippen LogP contribution in [0, 0.1) is 0 Å². The molecule has 1 saturated heterocycles. The lowest BCUT2D eigenvalue weighted by molar-refractivity contribution is 0.130. The molecule has 2 amide bonds. The van der Waals surface area contributed by atoms with Gasteiger partial charge in [-0.15, -0.1) is 0 Å². The second-order valence-electron chi connectivity index (χ2n) is 6.18. The van der Waals surface area contributed by atoms with E-state index in [9.17, 15) is 4.79 Å². The van der Waals surface area contributed by atoms with Crippen LogP contribution in [0.2, 0.25) is 0 Å². The second kappa shape index (κ2) is 8.58. The average molecular weight is 343 g/mol. The number of hydrogen-bond donors (Lipinski definition) is 1. The highest BCUT2D eigenvalue weighted by Crippen LogP contribution is 2.13. The molecule has 0 spiro atoms. The Morgan fingerprint density at radius 1 is 1.20 bits per heavy atom. The molecule has 1 aromatic heterocycles. The first-order valence-corrected chi connectivity index (χ1v) is 8.65. The Morgan fingerprint density at radius 3 is 2.76 bits per heavy atom. The van der Waals surface area contributed by atoms with E-state index in [2.05, 4.69) is 10.2 Å². The Balaban J connectivity index is 1.37. The number of furan rings is 1. The zero-order valence-corrected chi connectivity index (χ0v) is 14.6. The zero-order chi connectivity index (χ0) is 17.5. The molecule has 0 atom stereocenters. The molecular formula is C19H25N3O3. The number of urea groups is 1. The predicted octanol–water partition coefficient (Wildman–Crippen LogP) is 2.36. The van der Waals surface area contributed by atoms with Crippen LogP contribution in [0.3, 0.4) is 0 Å². The summed E-state index contributed by atoms with van der Waals surface area (Å²) in [7, 11) is 1.66. The summed E-state index contributed by atoms with van der Waals surface area (Å²) in [6.45, 7) is 4.64. The van der Waals surface area contributed by atoms with Crippen molar-refractivity contribution in [3.63, 3.8) is 0 Å². The number of nitrogens with zero attached hydrogens (tertiary/aromatic N) is 2. The monoisotopic (exact) mass is 343 g/mol. The van der Waals surface area contributed by atoms with Crippen LogP contribution < -0.4 is 10.1 Å². The SMILES string of the molecule is COc1cccc(CCNC(=O)N2CCN(Cc3ccco3)CC2)c1. The predicted molar refractivity (Wildman–Crippen MR) is 95.7 cm³/mol. The van der Waals surface area contributed by atoms with Crippen molar-refractivity contribution in [3.8, 4) is 5.75 Å². The van der Waals surface area contributed by atoms with Gasteiger partial charge in [-0.05, 0) is 36.2 Å². The van der Waals surface area contributed by atoms with Crippen LogP contribution in [0.5, 0.6) is 5.75 Å². The third kappa shape index (κ3) is 5.00.